The number of aliphatic imine (C=N–C) groups is 3. The molecule has 0 radical (unpaired) electrons. The fourth-order valence-electron chi connectivity index (χ4n) is 16.3. The summed E-state index contributed by atoms with van der Waals surface area (Å²) in [6, 6.07) is 24.8. The van der Waals surface area contributed by atoms with Gasteiger partial charge in [0, 0.05) is 59.9 Å². The molecule has 0 bridgehead atoms. The summed E-state index contributed by atoms with van der Waals surface area (Å²) in [5, 5.41) is 39.0. The van der Waals surface area contributed by atoms with Crippen molar-refractivity contribution in [2.75, 3.05) is 34.3 Å². The molecular formula is C74H91F9N12O7S2. The van der Waals surface area contributed by atoms with Crippen LogP contribution in [-0.4, -0.2) is 132 Å². The van der Waals surface area contributed by atoms with Gasteiger partial charge in [0.2, 0.25) is 0 Å². The van der Waals surface area contributed by atoms with E-state index in [4.69, 9.17) is 34.8 Å². The van der Waals surface area contributed by atoms with Crippen molar-refractivity contribution in [1.82, 2.24) is 21.3 Å². The lowest BCUT2D eigenvalue weighted by atomic mass is 9.81. The Morgan fingerprint density at radius 1 is 0.500 bits per heavy atom. The van der Waals surface area contributed by atoms with Gasteiger partial charge < -0.3 is 34.9 Å². The van der Waals surface area contributed by atoms with Gasteiger partial charge in [-0.2, -0.15) is 49.0 Å². The zero-order chi connectivity index (χ0) is 74.6. The van der Waals surface area contributed by atoms with Crippen LogP contribution < -0.4 is 56.0 Å². The quantitative estimate of drug-likeness (QED) is 0.0734. The maximum atomic E-state index is 14.1. The second-order valence-electron chi connectivity index (χ2n) is 28.7. The minimum atomic E-state index is -5.19. The Morgan fingerprint density at radius 2 is 0.817 bits per heavy atom. The largest absolute Gasteiger partial charge is 0.542 e. The van der Waals surface area contributed by atoms with Crippen molar-refractivity contribution >= 4 is 87.3 Å². The molecule has 2 aromatic heterocycles. The van der Waals surface area contributed by atoms with Crippen LogP contribution in [0.4, 0.5) is 71.0 Å². The average Bonchev–Trinajstić information content (AvgIpc) is 1.45. The van der Waals surface area contributed by atoms with Crippen LogP contribution in [0.15, 0.2) is 121 Å². The van der Waals surface area contributed by atoms with E-state index in [9.17, 15) is 53.9 Å². The Labute approximate surface area is 607 Å². The Bertz CT molecular complexity index is 3670. The van der Waals surface area contributed by atoms with Gasteiger partial charge in [0.25, 0.3) is 0 Å². The number of alkyl halides is 6. The number of carbonyl (C=O) groups excluding carboxylic acids is 5. The molecule has 5 aromatic rings. The van der Waals surface area contributed by atoms with E-state index in [1.807, 2.05) is 12.1 Å². The molecule has 3 aromatic carbocycles. The molecule has 9 fully saturated rings. The lowest BCUT2D eigenvalue weighted by Crippen LogP contribution is -3.16. The average molecular weight is 1500 g/mol. The van der Waals surface area contributed by atoms with E-state index in [2.05, 4.69) is 75.7 Å². The molecule has 19 nitrogen and oxygen atoms in total. The molecule has 3 aliphatic carbocycles. The fraction of sp³-hybridized carbons (Fsp3) is 0.541. The van der Waals surface area contributed by atoms with Crippen LogP contribution in [-0.2, 0) is 22.7 Å². The fourth-order valence-corrected chi connectivity index (χ4v) is 17.7. The Kier molecular flexibility index (Phi) is 26.1. The number of nitrogens with zero attached hydrogens (tertiary/aromatic N) is 6. The predicted octanol–water partition coefficient (Wildman–Crippen LogP) is 10.5. The smallest absolute Gasteiger partial charge is 0.430 e. The van der Waals surface area contributed by atoms with Crippen LogP contribution in [0.25, 0.3) is 0 Å². The SMILES string of the molecule is C[C@H]1C[C@]2(CCN1)C(=NC1CCCCC1)NC(=O)N2c1cccc(F)c1.C[C@H]1C[C@]2(CC[NH+]1Cc1ccsc1)C(=NC1CCCCC1)NC(=O)N2c1cccc(F)c1.C[C@H]1C[C@]2(CC[NH+]1Cc1ccsc1)C(=NC1CCCCC1)NC(=O)N2c1cccc(F)c1.O=C([O-])C(F)(F)F.O=C([O-])C(F)(F)F. The number of benzene rings is 3. The van der Waals surface area contributed by atoms with Crippen molar-refractivity contribution in [3.05, 3.63) is 135 Å². The van der Waals surface area contributed by atoms with Crippen LogP contribution in [0.3, 0.4) is 0 Å². The summed E-state index contributed by atoms with van der Waals surface area (Å²) in [6.45, 7) is 11.4. The number of anilines is 3. The molecule has 14 rings (SSSR count). The van der Waals surface area contributed by atoms with Crippen LogP contribution in [0.5, 0.6) is 0 Å². The normalized spacial score (nSPS) is 28.0. The van der Waals surface area contributed by atoms with Gasteiger partial charge in [0.05, 0.1) is 43.3 Å². The number of urea groups is 3. The molecule has 9 aliphatic rings. The van der Waals surface area contributed by atoms with Crippen molar-refractivity contribution in [1.29, 1.82) is 0 Å². The van der Waals surface area contributed by atoms with Crippen molar-refractivity contribution in [3.63, 3.8) is 0 Å². The molecule has 104 heavy (non-hydrogen) atoms. The highest BCUT2D eigenvalue weighted by molar-refractivity contribution is 7.08. The van der Waals surface area contributed by atoms with Crippen molar-refractivity contribution < 1.29 is 83.5 Å². The number of halogens is 9. The van der Waals surface area contributed by atoms with Gasteiger partial charge >= 0.3 is 30.4 Å². The van der Waals surface area contributed by atoms with E-state index in [0.29, 0.717) is 29.1 Å². The lowest BCUT2D eigenvalue weighted by molar-refractivity contribution is -0.942. The molecule has 6 saturated heterocycles. The third-order valence-corrected chi connectivity index (χ3v) is 22.8. The first-order valence-corrected chi connectivity index (χ1v) is 37.8. The summed E-state index contributed by atoms with van der Waals surface area (Å²) in [5.74, 6) is -4.59. The standard InChI is InChI=1S/2C25H31FN4OS.C20H27FN4O.2C2HF3O2/c2*1-18-15-25(11-12-29(18)16-19-10-13-32-17-19)23(27-21-7-3-2-4-8-21)28-24(31)30(25)22-9-5-6-20(26)14-22;1-14-13-20(10-11-22-14)18(23-16-7-3-2-4-8-16)24-19(26)25(20)17-9-5-6-15(21)12-17;2*3-2(4,5)1(6)7/h2*5-6,9-10,13-14,17-18,21H,2-4,7-8,11-12,15-16H2,1H3,(H,27,28,31);5-6,9,12,14,16,22H,2-4,7-8,10-11,13H2,1H3,(H,23,24,26);2*(H,6,7)/t2*18-,25+;14-,20+;;/m000../s1. The van der Waals surface area contributed by atoms with Crippen LogP contribution in [0.2, 0.25) is 0 Å². The molecule has 3 spiro atoms. The van der Waals surface area contributed by atoms with Crippen LogP contribution >= 0.6 is 22.7 Å². The molecular weight excluding hydrogens is 1400 g/mol. The van der Waals surface area contributed by atoms with Gasteiger partial charge in [-0.05, 0) is 167 Å². The highest BCUT2D eigenvalue weighted by Crippen LogP contribution is 2.42. The Hall–Kier alpha value is -7.93. The zero-order valence-corrected chi connectivity index (χ0v) is 60.1. The van der Waals surface area contributed by atoms with E-state index in [-0.39, 0.29) is 59.7 Å². The molecule has 564 valence electrons. The number of amidine groups is 3. The number of carboxylic acids is 2. The molecule has 6 amide bonds. The highest BCUT2D eigenvalue weighted by Gasteiger charge is 2.59. The number of quaternary nitrogens is 2. The summed E-state index contributed by atoms with van der Waals surface area (Å²) in [7, 11) is 0. The number of likely N-dealkylation sites (tertiary alicyclic amines) is 2. The van der Waals surface area contributed by atoms with Gasteiger partial charge in [0.1, 0.15) is 76.6 Å². The summed E-state index contributed by atoms with van der Waals surface area (Å²) < 4.78 is 105. The number of thiophene rings is 2. The summed E-state index contributed by atoms with van der Waals surface area (Å²) in [4.78, 5) is 80.7. The van der Waals surface area contributed by atoms with Crippen molar-refractivity contribution in [3.8, 4) is 0 Å². The van der Waals surface area contributed by atoms with Crippen molar-refractivity contribution in [2.24, 2.45) is 15.0 Å². The maximum absolute atomic E-state index is 14.1. The van der Waals surface area contributed by atoms with Crippen LogP contribution in [0, 0.1) is 17.5 Å². The van der Waals surface area contributed by atoms with Gasteiger partial charge in [-0.25, -0.2) is 27.6 Å². The summed E-state index contributed by atoms with van der Waals surface area (Å²) in [5.41, 5.74) is 3.00. The zero-order valence-electron chi connectivity index (χ0n) is 58.5. The Morgan fingerprint density at radius 3 is 1.09 bits per heavy atom. The Balaban J connectivity index is 0.000000154. The van der Waals surface area contributed by atoms with Crippen LogP contribution in [0.1, 0.15) is 167 Å². The molecule has 6 aliphatic heterocycles. The number of carbonyl (C=O) groups is 5. The summed E-state index contributed by atoms with van der Waals surface area (Å²) in [6.07, 6.45) is 11.9. The number of hydrogen-bond donors (Lipinski definition) is 6. The molecule has 2 unspecified atom stereocenters. The van der Waals surface area contributed by atoms with E-state index in [1.165, 1.54) is 115 Å². The number of rotatable bonds is 10. The molecule has 6 N–H and O–H groups in total. The van der Waals surface area contributed by atoms with E-state index in [1.54, 1.807) is 61.6 Å². The van der Waals surface area contributed by atoms with Gasteiger partial charge in [0.15, 0.2) is 0 Å². The second-order valence-corrected chi connectivity index (χ2v) is 30.2. The predicted molar refractivity (Wildman–Crippen MR) is 377 cm³/mol. The van der Waals surface area contributed by atoms with E-state index < -0.39 is 40.9 Å². The first-order chi connectivity index (χ1) is 49.6. The highest BCUT2D eigenvalue weighted by atomic mass is 32.1. The maximum Gasteiger partial charge on any atom is 0.430 e. The first kappa shape index (κ1) is 78.7. The molecule has 30 heteroatoms. The number of carboxylic acid groups (broad SMARTS) is 2. The second kappa shape index (κ2) is 34.5. The third kappa shape index (κ3) is 19.2. The first-order valence-electron chi connectivity index (χ1n) is 35.9. The number of amides is 6. The minimum Gasteiger partial charge on any atom is -0.542 e. The van der Waals surface area contributed by atoms with Crippen molar-refractivity contribution in [2.45, 2.75) is 234 Å². The van der Waals surface area contributed by atoms with Gasteiger partial charge in [-0.15, -0.1) is 0 Å². The topological polar surface area (TPSA) is 235 Å². The van der Waals surface area contributed by atoms with E-state index in [0.717, 1.165) is 127 Å². The summed E-state index contributed by atoms with van der Waals surface area (Å²) >= 11 is 3.47. The number of hydrogen-bond acceptors (Lipinski definition) is 13. The molecule has 8 atom stereocenters. The number of nitrogens with one attached hydrogen (secondary N) is 6. The van der Waals surface area contributed by atoms with Gasteiger partial charge in [-0.1, -0.05) is 76.0 Å². The van der Waals surface area contributed by atoms with E-state index >= 15 is 0 Å². The number of aliphatic carboxylic acids is 2. The van der Waals surface area contributed by atoms with Gasteiger partial charge in [-0.3, -0.25) is 45.6 Å². The molecule has 8 heterocycles. The third-order valence-electron chi connectivity index (χ3n) is 21.3. The number of piperidine rings is 3. The molecule has 3 saturated carbocycles. The lowest BCUT2D eigenvalue weighted by Gasteiger charge is -2.45. The minimum absolute atomic E-state index is 0.182. The monoisotopic (exact) mass is 1490 g/mol.